The van der Waals surface area contributed by atoms with Gasteiger partial charge in [0.15, 0.2) is 0 Å². The number of rotatable bonds is 6. The summed E-state index contributed by atoms with van der Waals surface area (Å²) < 4.78 is 0. The van der Waals surface area contributed by atoms with Crippen molar-refractivity contribution in [3.05, 3.63) is 52.2 Å². The standard InChI is InChI=1S/C16H13N3O2S3/c17-14(20)9-23-13-4-2-1-3-11(13)18-15(21)12-8-24-16(19-12)10-5-6-22-7-10/h1-8H,9H2,(H2,17,20)(H,18,21). The molecule has 0 radical (unpaired) electrons. The summed E-state index contributed by atoms with van der Waals surface area (Å²) in [5.41, 5.74) is 7.20. The van der Waals surface area contributed by atoms with Gasteiger partial charge in [0.2, 0.25) is 5.91 Å². The largest absolute Gasteiger partial charge is 0.369 e. The van der Waals surface area contributed by atoms with Crippen molar-refractivity contribution in [1.82, 2.24) is 4.98 Å². The molecule has 0 saturated heterocycles. The van der Waals surface area contributed by atoms with Crippen LogP contribution in [0.25, 0.3) is 10.6 Å². The van der Waals surface area contributed by atoms with Crippen molar-refractivity contribution in [2.24, 2.45) is 5.73 Å². The molecule has 3 aromatic rings. The van der Waals surface area contributed by atoms with E-state index in [0.717, 1.165) is 15.5 Å². The third kappa shape index (κ3) is 4.02. The van der Waals surface area contributed by atoms with Crippen molar-refractivity contribution in [2.75, 3.05) is 11.1 Å². The van der Waals surface area contributed by atoms with Gasteiger partial charge in [-0.15, -0.1) is 23.1 Å². The lowest BCUT2D eigenvalue weighted by atomic mass is 10.3. The number of hydrogen-bond acceptors (Lipinski definition) is 6. The van der Waals surface area contributed by atoms with Crippen molar-refractivity contribution < 1.29 is 9.59 Å². The summed E-state index contributed by atoms with van der Waals surface area (Å²) in [6.45, 7) is 0. The number of thioether (sulfide) groups is 1. The van der Waals surface area contributed by atoms with Gasteiger partial charge in [-0.1, -0.05) is 12.1 Å². The molecular formula is C16H13N3O2S3. The number of thiophene rings is 1. The summed E-state index contributed by atoms with van der Waals surface area (Å²) in [5.74, 6) is -0.521. The molecule has 0 bridgehead atoms. The molecule has 2 amide bonds. The molecule has 24 heavy (non-hydrogen) atoms. The average Bonchev–Trinajstić information content (AvgIpc) is 3.25. The molecule has 0 aliphatic carbocycles. The van der Waals surface area contributed by atoms with Gasteiger partial charge in [0.05, 0.1) is 11.4 Å². The summed E-state index contributed by atoms with van der Waals surface area (Å²) >= 11 is 4.31. The number of nitrogens with one attached hydrogen (secondary N) is 1. The molecular weight excluding hydrogens is 362 g/mol. The number of carbonyl (C=O) groups excluding carboxylic acids is 2. The lowest BCUT2D eigenvalue weighted by Gasteiger charge is -2.09. The molecule has 5 nitrogen and oxygen atoms in total. The minimum absolute atomic E-state index is 0.159. The second-order valence-electron chi connectivity index (χ2n) is 4.76. The maximum Gasteiger partial charge on any atom is 0.275 e. The number of benzene rings is 1. The van der Waals surface area contributed by atoms with Gasteiger partial charge in [-0.25, -0.2) is 4.98 Å². The highest BCUT2D eigenvalue weighted by atomic mass is 32.2. The molecule has 8 heteroatoms. The van der Waals surface area contributed by atoms with Gasteiger partial charge < -0.3 is 11.1 Å². The summed E-state index contributed by atoms with van der Waals surface area (Å²) in [5, 5.41) is 9.37. The van der Waals surface area contributed by atoms with Crippen LogP contribution in [0.2, 0.25) is 0 Å². The van der Waals surface area contributed by atoms with Crippen molar-refractivity contribution >= 4 is 51.9 Å². The Morgan fingerprint density at radius 2 is 2.04 bits per heavy atom. The maximum atomic E-state index is 12.4. The van der Waals surface area contributed by atoms with Gasteiger partial charge in [0.1, 0.15) is 10.7 Å². The van der Waals surface area contributed by atoms with Crippen molar-refractivity contribution in [3.63, 3.8) is 0 Å². The van der Waals surface area contributed by atoms with Crippen LogP contribution in [0.5, 0.6) is 0 Å². The Balaban J connectivity index is 1.74. The van der Waals surface area contributed by atoms with E-state index in [1.54, 1.807) is 22.8 Å². The van der Waals surface area contributed by atoms with Crippen LogP contribution in [0.15, 0.2) is 51.4 Å². The third-order valence-corrected chi connectivity index (χ3v) is 5.68. The van der Waals surface area contributed by atoms with Crippen LogP contribution in [0.4, 0.5) is 5.69 Å². The monoisotopic (exact) mass is 375 g/mol. The van der Waals surface area contributed by atoms with E-state index >= 15 is 0 Å². The van der Waals surface area contributed by atoms with Gasteiger partial charge in [-0.3, -0.25) is 9.59 Å². The normalized spacial score (nSPS) is 10.5. The van der Waals surface area contributed by atoms with Crippen LogP contribution in [0, 0.1) is 0 Å². The fourth-order valence-corrected chi connectivity index (χ4v) is 4.19. The topological polar surface area (TPSA) is 85.1 Å². The first kappa shape index (κ1) is 16.7. The fourth-order valence-electron chi connectivity index (χ4n) is 1.93. The zero-order valence-corrected chi connectivity index (χ0v) is 14.8. The van der Waals surface area contributed by atoms with Crippen LogP contribution >= 0.6 is 34.4 Å². The number of nitrogens with two attached hydrogens (primary N) is 1. The molecule has 2 aromatic heterocycles. The van der Waals surface area contributed by atoms with E-state index in [9.17, 15) is 9.59 Å². The Labute approximate surface area is 150 Å². The van der Waals surface area contributed by atoms with Crippen LogP contribution in [-0.4, -0.2) is 22.6 Å². The first-order valence-electron chi connectivity index (χ1n) is 6.93. The molecule has 1 aromatic carbocycles. The summed E-state index contributed by atoms with van der Waals surface area (Å²) in [6.07, 6.45) is 0. The first-order valence-corrected chi connectivity index (χ1v) is 9.74. The highest BCUT2D eigenvalue weighted by molar-refractivity contribution is 8.00. The minimum atomic E-state index is -0.402. The molecule has 0 aliphatic rings. The molecule has 0 aliphatic heterocycles. The Morgan fingerprint density at radius 1 is 1.21 bits per heavy atom. The number of thiazole rings is 1. The first-order chi connectivity index (χ1) is 11.6. The van der Waals surface area contributed by atoms with Crippen molar-refractivity contribution in [1.29, 1.82) is 0 Å². The van der Waals surface area contributed by atoms with Crippen molar-refractivity contribution in [2.45, 2.75) is 4.90 Å². The number of carbonyl (C=O) groups is 2. The highest BCUT2D eigenvalue weighted by Crippen LogP contribution is 2.28. The van der Waals surface area contributed by atoms with Crippen LogP contribution < -0.4 is 11.1 Å². The minimum Gasteiger partial charge on any atom is -0.369 e. The molecule has 3 N–H and O–H groups in total. The lowest BCUT2D eigenvalue weighted by Crippen LogP contribution is -2.15. The second-order valence-corrected chi connectivity index (χ2v) is 7.41. The predicted molar refractivity (Wildman–Crippen MR) is 99.7 cm³/mol. The fraction of sp³-hybridized carbons (Fsp3) is 0.0625. The Kier molecular flexibility index (Phi) is 5.29. The smallest absolute Gasteiger partial charge is 0.275 e. The number of hydrogen-bond donors (Lipinski definition) is 2. The number of amides is 2. The second kappa shape index (κ2) is 7.61. The van der Waals surface area contributed by atoms with E-state index < -0.39 is 5.91 Å². The van der Waals surface area contributed by atoms with Gasteiger partial charge in [0, 0.05) is 21.2 Å². The number of primary amides is 1. The van der Waals surface area contributed by atoms with E-state index in [1.807, 2.05) is 35.0 Å². The summed E-state index contributed by atoms with van der Waals surface area (Å²) in [6, 6.07) is 9.26. The van der Waals surface area contributed by atoms with E-state index in [-0.39, 0.29) is 11.7 Å². The summed E-state index contributed by atoms with van der Waals surface area (Å²) in [4.78, 5) is 28.5. The molecule has 3 rings (SSSR count). The van der Waals surface area contributed by atoms with Crippen LogP contribution in [0.3, 0.4) is 0 Å². The average molecular weight is 376 g/mol. The molecule has 0 atom stereocenters. The molecule has 0 fully saturated rings. The lowest BCUT2D eigenvalue weighted by molar-refractivity contribution is -0.115. The molecule has 0 unspecified atom stereocenters. The number of aromatic nitrogens is 1. The van der Waals surface area contributed by atoms with Gasteiger partial charge in [0.25, 0.3) is 5.91 Å². The summed E-state index contributed by atoms with van der Waals surface area (Å²) in [7, 11) is 0. The quantitative estimate of drug-likeness (QED) is 0.643. The number of para-hydroxylation sites is 1. The third-order valence-electron chi connectivity index (χ3n) is 3.01. The van der Waals surface area contributed by atoms with Gasteiger partial charge >= 0.3 is 0 Å². The zero-order chi connectivity index (χ0) is 16.9. The zero-order valence-electron chi connectivity index (χ0n) is 12.4. The number of nitrogens with zero attached hydrogens (tertiary/aromatic N) is 1. The SMILES string of the molecule is NC(=O)CSc1ccccc1NC(=O)c1csc(-c2ccsc2)n1. The maximum absolute atomic E-state index is 12.4. The van der Waals surface area contributed by atoms with Crippen LogP contribution in [0.1, 0.15) is 10.5 Å². The predicted octanol–water partition coefficient (Wildman–Crippen LogP) is 3.70. The van der Waals surface area contributed by atoms with E-state index in [2.05, 4.69) is 10.3 Å². The Hall–Kier alpha value is -2.16. The van der Waals surface area contributed by atoms with Gasteiger partial charge in [-0.05, 0) is 23.6 Å². The van der Waals surface area contributed by atoms with E-state index in [4.69, 9.17) is 5.73 Å². The molecule has 122 valence electrons. The van der Waals surface area contributed by atoms with E-state index in [0.29, 0.717) is 11.4 Å². The van der Waals surface area contributed by atoms with Crippen molar-refractivity contribution in [3.8, 4) is 10.6 Å². The number of anilines is 1. The Bertz CT molecular complexity index is 859. The molecule has 0 saturated carbocycles. The molecule has 2 heterocycles. The molecule has 0 spiro atoms. The highest BCUT2D eigenvalue weighted by Gasteiger charge is 2.14. The van der Waals surface area contributed by atoms with E-state index in [1.165, 1.54) is 23.1 Å². The Morgan fingerprint density at radius 3 is 2.79 bits per heavy atom. The van der Waals surface area contributed by atoms with Crippen LogP contribution in [-0.2, 0) is 4.79 Å². The van der Waals surface area contributed by atoms with Gasteiger partial charge in [-0.2, -0.15) is 11.3 Å².